The molecule has 2 aromatic rings. The van der Waals surface area contributed by atoms with Crippen LogP contribution in [0.25, 0.3) is 0 Å². The third kappa shape index (κ3) is 5.14. The average Bonchev–Trinajstić information content (AvgIpc) is 3.06. The lowest BCUT2D eigenvalue weighted by Crippen LogP contribution is -2.24. The summed E-state index contributed by atoms with van der Waals surface area (Å²) in [6, 6.07) is 10.9. The zero-order valence-electron chi connectivity index (χ0n) is 16.8. The highest BCUT2D eigenvalue weighted by molar-refractivity contribution is 5.91. The van der Waals surface area contributed by atoms with Crippen LogP contribution < -0.4 is 4.90 Å². The van der Waals surface area contributed by atoms with Gasteiger partial charge in [0.15, 0.2) is 0 Å². The maximum atomic E-state index is 12.4. The van der Waals surface area contributed by atoms with Gasteiger partial charge in [-0.2, -0.15) is 0 Å². The van der Waals surface area contributed by atoms with Crippen molar-refractivity contribution in [1.82, 2.24) is 0 Å². The molecular formula is C22H24N2O6. The molecule has 3 rings (SSSR count). The lowest BCUT2D eigenvalue weighted by molar-refractivity contribution is -0.384. The first kappa shape index (κ1) is 21.3. The van der Waals surface area contributed by atoms with E-state index in [1.807, 2.05) is 4.90 Å². The second-order valence-corrected chi connectivity index (χ2v) is 7.13. The molecule has 158 valence electrons. The molecule has 2 aromatic carbocycles. The molecule has 8 heteroatoms. The highest BCUT2D eigenvalue weighted by atomic mass is 16.6. The third-order valence-electron chi connectivity index (χ3n) is 5.10. The van der Waals surface area contributed by atoms with Gasteiger partial charge in [-0.1, -0.05) is 25.0 Å². The zero-order valence-corrected chi connectivity index (χ0v) is 16.8. The molecule has 0 amide bonds. The predicted molar refractivity (Wildman–Crippen MR) is 111 cm³/mol. The summed E-state index contributed by atoms with van der Waals surface area (Å²) >= 11 is 0. The topological polar surface area (TPSA) is 99.0 Å². The Labute approximate surface area is 174 Å². The fourth-order valence-electron chi connectivity index (χ4n) is 3.46. The van der Waals surface area contributed by atoms with Crippen molar-refractivity contribution in [3.63, 3.8) is 0 Å². The van der Waals surface area contributed by atoms with Gasteiger partial charge in [0.1, 0.15) is 12.3 Å². The predicted octanol–water partition coefficient (Wildman–Crippen LogP) is 4.12. The van der Waals surface area contributed by atoms with E-state index in [-0.39, 0.29) is 17.9 Å². The Kier molecular flexibility index (Phi) is 7.00. The van der Waals surface area contributed by atoms with Gasteiger partial charge in [-0.05, 0) is 42.7 Å². The molecular weight excluding hydrogens is 388 g/mol. The fraction of sp³-hybridized carbons (Fsp3) is 0.364. The van der Waals surface area contributed by atoms with Crippen molar-refractivity contribution in [2.75, 3.05) is 25.1 Å². The second kappa shape index (κ2) is 9.87. The molecule has 8 nitrogen and oxygen atoms in total. The number of esters is 2. The Morgan fingerprint density at radius 3 is 2.20 bits per heavy atom. The number of hydrogen-bond acceptors (Lipinski definition) is 7. The number of carbonyl (C=O) groups excluding carboxylic acids is 2. The van der Waals surface area contributed by atoms with Gasteiger partial charge >= 0.3 is 11.9 Å². The van der Waals surface area contributed by atoms with E-state index in [4.69, 9.17) is 4.74 Å². The summed E-state index contributed by atoms with van der Waals surface area (Å²) in [5.41, 5.74) is 1.66. The summed E-state index contributed by atoms with van der Waals surface area (Å²) in [6.45, 7) is 1.53. The molecule has 30 heavy (non-hydrogen) atoms. The van der Waals surface area contributed by atoms with E-state index in [1.165, 1.54) is 13.2 Å². The van der Waals surface area contributed by atoms with E-state index in [0.29, 0.717) is 16.8 Å². The van der Waals surface area contributed by atoms with Crippen molar-refractivity contribution < 1.29 is 24.0 Å². The van der Waals surface area contributed by atoms with Crippen molar-refractivity contribution in [3.05, 3.63) is 69.3 Å². The number of carbonyl (C=O) groups is 2. The number of ether oxygens (including phenoxy) is 2. The number of nitrogens with zero attached hydrogens (tertiary/aromatic N) is 2. The van der Waals surface area contributed by atoms with E-state index in [1.54, 1.807) is 36.4 Å². The van der Waals surface area contributed by atoms with Gasteiger partial charge in [0, 0.05) is 19.2 Å². The van der Waals surface area contributed by atoms with Gasteiger partial charge < -0.3 is 14.4 Å². The van der Waals surface area contributed by atoms with Crippen LogP contribution in [0.5, 0.6) is 0 Å². The molecule has 0 saturated carbocycles. The van der Waals surface area contributed by atoms with Crippen LogP contribution in [0.3, 0.4) is 0 Å². The maximum Gasteiger partial charge on any atom is 0.338 e. The molecule has 0 bridgehead atoms. The molecule has 0 aliphatic carbocycles. The highest BCUT2D eigenvalue weighted by Crippen LogP contribution is 2.31. The smallest absolute Gasteiger partial charge is 0.338 e. The normalized spacial score (nSPS) is 14.0. The molecule has 0 radical (unpaired) electrons. The van der Waals surface area contributed by atoms with Crippen LogP contribution in [0, 0.1) is 10.1 Å². The van der Waals surface area contributed by atoms with Crippen LogP contribution in [0.15, 0.2) is 42.5 Å². The van der Waals surface area contributed by atoms with Crippen molar-refractivity contribution in [1.29, 1.82) is 0 Å². The summed E-state index contributed by atoms with van der Waals surface area (Å²) in [5, 5.41) is 11.6. The quantitative estimate of drug-likeness (QED) is 0.400. The van der Waals surface area contributed by atoms with Gasteiger partial charge in [-0.25, -0.2) is 9.59 Å². The monoisotopic (exact) mass is 412 g/mol. The Bertz CT molecular complexity index is 918. The second-order valence-electron chi connectivity index (χ2n) is 7.13. The van der Waals surface area contributed by atoms with Crippen molar-refractivity contribution in [2.45, 2.75) is 32.3 Å². The van der Waals surface area contributed by atoms with Crippen molar-refractivity contribution in [2.24, 2.45) is 0 Å². The molecule has 1 heterocycles. The van der Waals surface area contributed by atoms with Crippen LogP contribution >= 0.6 is 0 Å². The number of nitro groups is 1. The molecule has 0 spiro atoms. The van der Waals surface area contributed by atoms with Gasteiger partial charge in [-0.3, -0.25) is 10.1 Å². The lowest BCUT2D eigenvalue weighted by atomic mass is 10.1. The van der Waals surface area contributed by atoms with Gasteiger partial charge in [0.25, 0.3) is 5.69 Å². The number of hydrogen-bond donors (Lipinski definition) is 0. The minimum atomic E-state index is -0.641. The summed E-state index contributed by atoms with van der Waals surface area (Å²) in [4.78, 5) is 37.0. The summed E-state index contributed by atoms with van der Waals surface area (Å²) < 4.78 is 9.93. The first-order valence-corrected chi connectivity index (χ1v) is 9.87. The third-order valence-corrected chi connectivity index (χ3v) is 5.10. The van der Waals surface area contributed by atoms with Crippen LogP contribution in [0.1, 0.15) is 52.0 Å². The molecule has 0 N–H and O–H groups in total. The molecule has 0 atom stereocenters. The number of anilines is 1. The first-order chi connectivity index (χ1) is 14.5. The SMILES string of the molecule is COC(=O)c1ccc(COC(=O)c2ccc(N3CCCCCC3)c([N+](=O)[O-])c2)cc1. The van der Waals surface area contributed by atoms with Gasteiger partial charge in [-0.15, -0.1) is 0 Å². The van der Waals surface area contributed by atoms with Crippen LogP contribution in [-0.2, 0) is 16.1 Å². The number of rotatable bonds is 6. The summed E-state index contributed by atoms with van der Waals surface area (Å²) in [7, 11) is 1.30. The minimum absolute atomic E-state index is 0.0119. The molecule has 1 aliphatic rings. The standard InChI is InChI=1S/C22H24N2O6/c1-29-21(25)17-8-6-16(7-9-17)15-30-22(26)18-10-11-19(20(14-18)24(27)28)23-12-4-2-3-5-13-23/h6-11,14H,2-5,12-13,15H2,1H3. The first-order valence-electron chi connectivity index (χ1n) is 9.87. The molecule has 0 unspecified atom stereocenters. The van der Waals surface area contributed by atoms with Gasteiger partial charge in [0.2, 0.25) is 0 Å². The van der Waals surface area contributed by atoms with Crippen LogP contribution in [0.4, 0.5) is 11.4 Å². The highest BCUT2D eigenvalue weighted by Gasteiger charge is 2.23. The Balaban J connectivity index is 1.70. The Hall–Kier alpha value is -3.42. The average molecular weight is 412 g/mol. The van der Waals surface area contributed by atoms with E-state index >= 15 is 0 Å². The molecule has 1 saturated heterocycles. The number of methoxy groups -OCH3 is 1. The van der Waals surface area contributed by atoms with Crippen LogP contribution in [0.2, 0.25) is 0 Å². The van der Waals surface area contributed by atoms with Crippen molar-refractivity contribution >= 4 is 23.3 Å². The largest absolute Gasteiger partial charge is 0.465 e. The minimum Gasteiger partial charge on any atom is -0.465 e. The zero-order chi connectivity index (χ0) is 21.5. The number of nitro benzene ring substituents is 1. The fourth-order valence-corrected chi connectivity index (χ4v) is 3.46. The molecule has 1 aliphatic heterocycles. The van der Waals surface area contributed by atoms with Gasteiger partial charge in [0.05, 0.1) is 23.2 Å². The Morgan fingerprint density at radius 2 is 1.60 bits per heavy atom. The van der Waals surface area contributed by atoms with E-state index in [0.717, 1.165) is 38.8 Å². The van der Waals surface area contributed by atoms with Crippen LogP contribution in [-0.4, -0.2) is 37.1 Å². The number of benzene rings is 2. The molecule has 0 aromatic heterocycles. The maximum absolute atomic E-state index is 12.4. The van der Waals surface area contributed by atoms with E-state index in [2.05, 4.69) is 4.74 Å². The molecule has 1 fully saturated rings. The Morgan fingerprint density at radius 1 is 0.967 bits per heavy atom. The van der Waals surface area contributed by atoms with Crippen molar-refractivity contribution in [3.8, 4) is 0 Å². The summed E-state index contributed by atoms with van der Waals surface area (Å²) in [5.74, 6) is -1.09. The van der Waals surface area contributed by atoms with E-state index < -0.39 is 16.9 Å². The van der Waals surface area contributed by atoms with E-state index in [9.17, 15) is 19.7 Å². The lowest BCUT2D eigenvalue weighted by Gasteiger charge is -2.22. The summed E-state index contributed by atoms with van der Waals surface area (Å²) in [6.07, 6.45) is 4.23.